The van der Waals surface area contributed by atoms with Gasteiger partial charge in [-0.3, -0.25) is 4.79 Å². The first-order valence-corrected chi connectivity index (χ1v) is 10.0. The van der Waals surface area contributed by atoms with Crippen LogP contribution in [0.1, 0.15) is 36.6 Å². The SMILES string of the molecule is COc1cc2c(cc1OC)[C@H](CNC(=O)C(C)C)[NH+](Cc1cccc(F)c1)CC2. The zero-order valence-corrected chi connectivity index (χ0v) is 17.5. The number of nitrogens with one attached hydrogen (secondary N) is 2. The summed E-state index contributed by atoms with van der Waals surface area (Å²) in [7, 11) is 3.26. The van der Waals surface area contributed by atoms with Crippen molar-refractivity contribution in [1.82, 2.24) is 5.32 Å². The van der Waals surface area contributed by atoms with Gasteiger partial charge in [-0.05, 0) is 29.8 Å². The minimum absolute atomic E-state index is 0.0303. The van der Waals surface area contributed by atoms with Gasteiger partial charge in [-0.2, -0.15) is 0 Å². The molecule has 1 aliphatic heterocycles. The number of rotatable bonds is 7. The van der Waals surface area contributed by atoms with E-state index in [0.29, 0.717) is 24.6 Å². The molecule has 0 saturated carbocycles. The van der Waals surface area contributed by atoms with E-state index in [4.69, 9.17) is 9.47 Å². The number of carbonyl (C=O) groups is 1. The van der Waals surface area contributed by atoms with Gasteiger partial charge in [0, 0.05) is 23.5 Å². The van der Waals surface area contributed by atoms with E-state index in [1.54, 1.807) is 26.4 Å². The van der Waals surface area contributed by atoms with E-state index in [-0.39, 0.29) is 23.7 Å². The molecular formula is C23H30FN2O3+. The van der Waals surface area contributed by atoms with Crippen molar-refractivity contribution >= 4 is 5.91 Å². The van der Waals surface area contributed by atoms with Gasteiger partial charge in [0.05, 0.1) is 27.3 Å². The maximum absolute atomic E-state index is 13.7. The molecule has 3 rings (SSSR count). The van der Waals surface area contributed by atoms with Crippen LogP contribution in [0.15, 0.2) is 36.4 Å². The van der Waals surface area contributed by atoms with E-state index in [2.05, 4.69) is 5.32 Å². The first-order chi connectivity index (χ1) is 13.9. The molecule has 0 saturated heterocycles. The van der Waals surface area contributed by atoms with Crippen molar-refractivity contribution in [2.24, 2.45) is 5.92 Å². The molecule has 29 heavy (non-hydrogen) atoms. The zero-order chi connectivity index (χ0) is 21.0. The number of benzene rings is 2. The zero-order valence-electron chi connectivity index (χ0n) is 17.5. The van der Waals surface area contributed by atoms with Gasteiger partial charge in [0.2, 0.25) is 5.91 Å². The van der Waals surface area contributed by atoms with Gasteiger partial charge in [0.25, 0.3) is 0 Å². The Morgan fingerprint density at radius 3 is 2.59 bits per heavy atom. The van der Waals surface area contributed by atoms with Crippen molar-refractivity contribution in [2.45, 2.75) is 32.9 Å². The molecule has 0 fully saturated rings. The number of hydrogen-bond donors (Lipinski definition) is 2. The number of quaternary nitrogens is 1. The molecule has 2 N–H and O–H groups in total. The summed E-state index contributed by atoms with van der Waals surface area (Å²) in [5, 5.41) is 3.08. The fraction of sp³-hybridized carbons (Fsp3) is 0.435. The van der Waals surface area contributed by atoms with E-state index >= 15 is 0 Å². The Hall–Kier alpha value is -2.60. The molecule has 156 valence electrons. The number of hydrogen-bond acceptors (Lipinski definition) is 3. The summed E-state index contributed by atoms with van der Waals surface area (Å²) in [5.74, 6) is 1.12. The maximum atomic E-state index is 13.7. The summed E-state index contributed by atoms with van der Waals surface area (Å²) in [6.07, 6.45) is 0.884. The Bertz CT molecular complexity index is 869. The minimum Gasteiger partial charge on any atom is -0.493 e. The van der Waals surface area contributed by atoms with Gasteiger partial charge >= 0.3 is 0 Å². The molecule has 2 aromatic rings. The second-order valence-electron chi connectivity index (χ2n) is 7.82. The molecular weight excluding hydrogens is 371 g/mol. The molecule has 0 aliphatic carbocycles. The molecule has 0 aromatic heterocycles. The highest BCUT2D eigenvalue weighted by atomic mass is 19.1. The lowest BCUT2D eigenvalue weighted by atomic mass is 9.91. The lowest BCUT2D eigenvalue weighted by Crippen LogP contribution is -3.12. The topological polar surface area (TPSA) is 52.0 Å². The average Bonchev–Trinajstić information content (AvgIpc) is 2.71. The predicted molar refractivity (Wildman–Crippen MR) is 110 cm³/mol. The van der Waals surface area contributed by atoms with Crippen LogP contribution in [-0.2, 0) is 17.8 Å². The van der Waals surface area contributed by atoms with Crippen molar-refractivity contribution in [3.8, 4) is 11.5 Å². The largest absolute Gasteiger partial charge is 0.493 e. The molecule has 1 aliphatic rings. The van der Waals surface area contributed by atoms with Crippen LogP contribution in [0.5, 0.6) is 11.5 Å². The second kappa shape index (κ2) is 9.27. The van der Waals surface area contributed by atoms with Crippen molar-refractivity contribution in [3.63, 3.8) is 0 Å². The number of ether oxygens (including phenoxy) is 2. The van der Waals surface area contributed by atoms with Crippen LogP contribution < -0.4 is 19.7 Å². The Kier molecular flexibility index (Phi) is 6.75. The molecule has 0 radical (unpaired) electrons. The summed E-state index contributed by atoms with van der Waals surface area (Å²) >= 11 is 0. The molecule has 0 spiro atoms. The third-order valence-corrected chi connectivity index (χ3v) is 5.55. The van der Waals surface area contributed by atoms with Crippen LogP contribution in [0.25, 0.3) is 0 Å². The first-order valence-electron chi connectivity index (χ1n) is 10.0. The van der Waals surface area contributed by atoms with Gasteiger partial charge in [-0.1, -0.05) is 26.0 Å². The number of methoxy groups -OCH3 is 2. The molecule has 6 heteroatoms. The van der Waals surface area contributed by atoms with E-state index < -0.39 is 0 Å². The summed E-state index contributed by atoms with van der Waals surface area (Å²) in [5.41, 5.74) is 3.29. The van der Waals surface area contributed by atoms with Crippen LogP contribution in [-0.4, -0.2) is 33.2 Å². The maximum Gasteiger partial charge on any atom is 0.222 e. The van der Waals surface area contributed by atoms with Crippen LogP contribution >= 0.6 is 0 Å². The molecule has 2 aromatic carbocycles. The standard InChI is InChI=1S/C23H29FN2O3/c1-15(2)23(27)25-13-20-19-12-22(29-4)21(28-3)11-17(19)8-9-26(20)14-16-6-5-7-18(24)10-16/h5-7,10-12,15,20H,8-9,13-14H2,1-4H3,(H,25,27)/p+1/t20-/m0/s1. The van der Waals surface area contributed by atoms with E-state index in [1.165, 1.54) is 16.5 Å². The van der Waals surface area contributed by atoms with Crippen molar-refractivity contribution in [2.75, 3.05) is 27.3 Å². The average molecular weight is 402 g/mol. The van der Waals surface area contributed by atoms with Gasteiger partial charge in [0.1, 0.15) is 18.4 Å². The van der Waals surface area contributed by atoms with Crippen molar-refractivity contribution in [1.29, 1.82) is 0 Å². The first kappa shape index (κ1) is 21.1. The normalized spacial score (nSPS) is 18.3. The second-order valence-corrected chi connectivity index (χ2v) is 7.82. The molecule has 1 unspecified atom stereocenters. The van der Waals surface area contributed by atoms with E-state index in [0.717, 1.165) is 24.1 Å². The smallest absolute Gasteiger partial charge is 0.222 e. The van der Waals surface area contributed by atoms with Crippen LogP contribution in [0.2, 0.25) is 0 Å². The van der Waals surface area contributed by atoms with Crippen molar-refractivity contribution < 1.29 is 23.6 Å². The van der Waals surface area contributed by atoms with Crippen LogP contribution in [0, 0.1) is 11.7 Å². The Labute approximate surface area is 171 Å². The highest BCUT2D eigenvalue weighted by Gasteiger charge is 2.33. The highest BCUT2D eigenvalue weighted by molar-refractivity contribution is 5.77. The summed E-state index contributed by atoms with van der Waals surface area (Å²) in [6, 6.07) is 10.8. The fourth-order valence-corrected chi connectivity index (χ4v) is 3.95. The predicted octanol–water partition coefficient (Wildman–Crippen LogP) is 2.30. The molecule has 2 atom stereocenters. The Morgan fingerprint density at radius 2 is 1.93 bits per heavy atom. The van der Waals surface area contributed by atoms with Gasteiger partial charge < -0.3 is 19.7 Å². The fourth-order valence-electron chi connectivity index (χ4n) is 3.95. The lowest BCUT2D eigenvalue weighted by Gasteiger charge is -2.35. The Balaban J connectivity index is 1.93. The number of amides is 1. The molecule has 0 bridgehead atoms. The monoisotopic (exact) mass is 401 g/mol. The minimum atomic E-state index is -0.227. The van der Waals surface area contributed by atoms with Gasteiger partial charge in [-0.15, -0.1) is 0 Å². The Morgan fingerprint density at radius 1 is 1.21 bits per heavy atom. The van der Waals surface area contributed by atoms with Crippen LogP contribution in [0.3, 0.4) is 0 Å². The molecule has 5 nitrogen and oxygen atoms in total. The quantitative estimate of drug-likeness (QED) is 0.749. The highest BCUT2D eigenvalue weighted by Crippen LogP contribution is 2.34. The van der Waals surface area contributed by atoms with E-state index in [9.17, 15) is 9.18 Å². The van der Waals surface area contributed by atoms with Crippen LogP contribution in [0.4, 0.5) is 4.39 Å². The summed E-state index contributed by atoms with van der Waals surface area (Å²) in [4.78, 5) is 13.5. The third-order valence-electron chi connectivity index (χ3n) is 5.55. The van der Waals surface area contributed by atoms with Gasteiger partial charge in [-0.25, -0.2) is 4.39 Å². The number of carbonyl (C=O) groups excluding carboxylic acids is 1. The number of fused-ring (bicyclic) bond motifs is 1. The molecule has 1 amide bonds. The third kappa shape index (κ3) is 4.88. The summed E-state index contributed by atoms with van der Waals surface area (Å²) in [6.45, 7) is 5.87. The summed E-state index contributed by atoms with van der Waals surface area (Å²) < 4.78 is 24.7. The lowest BCUT2D eigenvalue weighted by molar-refractivity contribution is -0.945. The van der Waals surface area contributed by atoms with Crippen molar-refractivity contribution in [3.05, 3.63) is 58.9 Å². The molecule has 1 heterocycles. The number of halogens is 1. The van der Waals surface area contributed by atoms with Gasteiger partial charge in [0.15, 0.2) is 11.5 Å². The van der Waals surface area contributed by atoms with E-state index in [1.807, 2.05) is 32.0 Å².